The van der Waals surface area contributed by atoms with Gasteiger partial charge in [-0.15, -0.1) is 0 Å². The molecule has 2 N–H and O–H groups in total. The summed E-state index contributed by atoms with van der Waals surface area (Å²) in [5.74, 6) is -1.35. The molecule has 0 fully saturated rings. The van der Waals surface area contributed by atoms with Crippen molar-refractivity contribution in [2.75, 3.05) is 0 Å². The van der Waals surface area contributed by atoms with Gasteiger partial charge >= 0.3 is 6.18 Å². The van der Waals surface area contributed by atoms with Crippen LogP contribution in [0.25, 0.3) is 11.5 Å². The SMILES string of the molecule is Cc1nc(-c2cc(Cc3cc(F)cc(C(F)(F)F)c3)nn2C)ncc1C(N)=O. The van der Waals surface area contributed by atoms with Crippen molar-refractivity contribution in [3.8, 4) is 11.5 Å². The number of alkyl halides is 3. The van der Waals surface area contributed by atoms with Crippen molar-refractivity contribution in [3.63, 3.8) is 0 Å². The molecule has 1 amide bonds. The molecule has 0 radical (unpaired) electrons. The minimum atomic E-state index is -4.64. The smallest absolute Gasteiger partial charge is 0.365 e. The Labute approximate surface area is 157 Å². The van der Waals surface area contributed by atoms with Gasteiger partial charge in [0.25, 0.3) is 5.91 Å². The molecule has 0 aliphatic carbocycles. The van der Waals surface area contributed by atoms with Gasteiger partial charge in [0.1, 0.15) is 11.5 Å². The highest BCUT2D eigenvalue weighted by molar-refractivity contribution is 5.93. The summed E-state index contributed by atoms with van der Waals surface area (Å²) in [5.41, 5.74) is 5.79. The lowest BCUT2D eigenvalue weighted by molar-refractivity contribution is -0.137. The van der Waals surface area contributed by atoms with E-state index in [1.54, 1.807) is 20.0 Å². The number of amides is 1. The predicted molar refractivity (Wildman–Crippen MR) is 91.7 cm³/mol. The van der Waals surface area contributed by atoms with E-state index in [4.69, 9.17) is 5.73 Å². The van der Waals surface area contributed by atoms with Gasteiger partial charge in [-0.25, -0.2) is 14.4 Å². The molecule has 1 aromatic carbocycles. The molecular weight excluding hydrogens is 378 g/mol. The Bertz CT molecular complexity index is 1060. The molecule has 0 saturated heterocycles. The summed E-state index contributed by atoms with van der Waals surface area (Å²) in [7, 11) is 1.62. The van der Waals surface area contributed by atoms with Crippen LogP contribution in [0.15, 0.2) is 30.5 Å². The maximum atomic E-state index is 13.6. The minimum Gasteiger partial charge on any atom is -0.365 e. The maximum Gasteiger partial charge on any atom is 0.416 e. The van der Waals surface area contributed by atoms with E-state index in [0.717, 1.165) is 12.1 Å². The minimum absolute atomic E-state index is 0.00691. The van der Waals surface area contributed by atoms with Crippen LogP contribution in [0, 0.1) is 12.7 Å². The first kappa shape index (κ1) is 19.5. The van der Waals surface area contributed by atoms with Crippen LogP contribution in [-0.4, -0.2) is 25.7 Å². The highest BCUT2D eigenvalue weighted by Crippen LogP contribution is 2.31. The van der Waals surface area contributed by atoms with Crippen LogP contribution < -0.4 is 5.73 Å². The second-order valence-electron chi connectivity index (χ2n) is 6.22. The fourth-order valence-corrected chi connectivity index (χ4v) is 2.78. The molecule has 10 heteroatoms. The number of hydrogen-bond acceptors (Lipinski definition) is 4. The molecule has 28 heavy (non-hydrogen) atoms. The fourth-order valence-electron chi connectivity index (χ4n) is 2.78. The molecule has 0 saturated carbocycles. The topological polar surface area (TPSA) is 86.7 Å². The molecule has 2 heterocycles. The van der Waals surface area contributed by atoms with E-state index in [-0.39, 0.29) is 23.4 Å². The number of benzene rings is 1. The lowest BCUT2D eigenvalue weighted by Crippen LogP contribution is -2.14. The Balaban J connectivity index is 1.92. The van der Waals surface area contributed by atoms with Crippen LogP contribution in [0.2, 0.25) is 0 Å². The Morgan fingerprint density at radius 3 is 2.54 bits per heavy atom. The summed E-state index contributed by atoms with van der Waals surface area (Å²) in [6.07, 6.45) is -3.35. The van der Waals surface area contributed by atoms with E-state index in [0.29, 0.717) is 23.1 Å². The second-order valence-corrected chi connectivity index (χ2v) is 6.22. The molecule has 2 aromatic heterocycles. The molecule has 3 rings (SSSR count). The molecule has 0 aliphatic heterocycles. The lowest BCUT2D eigenvalue weighted by Gasteiger charge is -2.08. The van der Waals surface area contributed by atoms with Crippen molar-refractivity contribution in [3.05, 3.63) is 64.4 Å². The number of rotatable bonds is 4. The first-order valence-corrected chi connectivity index (χ1v) is 8.08. The average molecular weight is 393 g/mol. The molecule has 0 aliphatic rings. The molecule has 0 spiro atoms. The van der Waals surface area contributed by atoms with Gasteiger partial charge in [0.15, 0.2) is 5.82 Å². The summed E-state index contributed by atoms with van der Waals surface area (Å²) in [5, 5.41) is 4.23. The Kier molecular flexibility index (Phi) is 4.88. The van der Waals surface area contributed by atoms with Gasteiger partial charge in [0.05, 0.1) is 22.5 Å². The van der Waals surface area contributed by atoms with Crippen molar-refractivity contribution in [2.24, 2.45) is 12.8 Å². The van der Waals surface area contributed by atoms with Crippen molar-refractivity contribution in [1.82, 2.24) is 19.7 Å². The van der Waals surface area contributed by atoms with Gasteiger partial charge in [-0.2, -0.15) is 18.3 Å². The quantitative estimate of drug-likeness (QED) is 0.691. The first-order chi connectivity index (χ1) is 13.0. The van der Waals surface area contributed by atoms with Gasteiger partial charge in [-0.1, -0.05) is 0 Å². The van der Waals surface area contributed by atoms with Gasteiger partial charge in [-0.3, -0.25) is 9.48 Å². The number of halogens is 4. The summed E-state index contributed by atoms with van der Waals surface area (Å²) >= 11 is 0. The number of hydrogen-bond donors (Lipinski definition) is 1. The summed E-state index contributed by atoms with van der Waals surface area (Å²) < 4.78 is 53.6. The van der Waals surface area contributed by atoms with Crippen LogP contribution in [-0.2, 0) is 19.6 Å². The van der Waals surface area contributed by atoms with Gasteiger partial charge in [0, 0.05) is 19.7 Å². The van der Waals surface area contributed by atoms with E-state index >= 15 is 0 Å². The second kappa shape index (κ2) is 7.02. The van der Waals surface area contributed by atoms with E-state index < -0.39 is 23.5 Å². The number of nitrogens with two attached hydrogens (primary N) is 1. The molecule has 6 nitrogen and oxygen atoms in total. The van der Waals surface area contributed by atoms with E-state index in [9.17, 15) is 22.4 Å². The highest BCUT2D eigenvalue weighted by atomic mass is 19.4. The summed E-state index contributed by atoms with van der Waals surface area (Å²) in [6.45, 7) is 1.61. The zero-order valence-electron chi connectivity index (χ0n) is 14.9. The molecule has 3 aromatic rings. The lowest BCUT2D eigenvalue weighted by atomic mass is 10.1. The monoisotopic (exact) mass is 393 g/mol. The third-order valence-corrected chi connectivity index (χ3v) is 4.07. The number of carbonyl (C=O) groups is 1. The Hall–Kier alpha value is -3.30. The number of aryl methyl sites for hydroxylation is 2. The fraction of sp³-hybridized carbons (Fsp3) is 0.222. The summed E-state index contributed by atoms with van der Waals surface area (Å²) in [4.78, 5) is 19.6. The largest absolute Gasteiger partial charge is 0.416 e. The van der Waals surface area contributed by atoms with E-state index in [2.05, 4.69) is 15.1 Å². The zero-order chi connectivity index (χ0) is 20.6. The third kappa shape index (κ3) is 4.00. The zero-order valence-corrected chi connectivity index (χ0v) is 14.9. The Morgan fingerprint density at radius 1 is 1.21 bits per heavy atom. The number of aromatic nitrogens is 4. The van der Waals surface area contributed by atoms with Crippen molar-refractivity contribution < 1.29 is 22.4 Å². The molecule has 0 unspecified atom stereocenters. The third-order valence-electron chi connectivity index (χ3n) is 4.07. The standard InChI is InChI=1S/C18H15F4N5O/c1-9-14(16(23)28)8-24-17(25-9)15-7-13(26-27(15)2)5-10-3-11(18(20,21)22)6-12(19)4-10/h3-4,6-8H,5H2,1-2H3,(H2,23,28). The Morgan fingerprint density at radius 2 is 1.93 bits per heavy atom. The van der Waals surface area contributed by atoms with Gasteiger partial charge in [-0.05, 0) is 36.8 Å². The number of nitrogens with zero attached hydrogens (tertiary/aromatic N) is 4. The number of carbonyl (C=O) groups excluding carboxylic acids is 1. The molecule has 0 bridgehead atoms. The van der Waals surface area contributed by atoms with Crippen LogP contribution in [0.1, 0.15) is 32.9 Å². The van der Waals surface area contributed by atoms with Crippen molar-refractivity contribution in [1.29, 1.82) is 0 Å². The summed E-state index contributed by atoms with van der Waals surface area (Å²) in [6, 6.07) is 3.97. The van der Waals surface area contributed by atoms with Crippen LogP contribution in [0.3, 0.4) is 0 Å². The first-order valence-electron chi connectivity index (χ1n) is 8.08. The highest BCUT2D eigenvalue weighted by Gasteiger charge is 2.31. The number of primary amides is 1. The van der Waals surface area contributed by atoms with E-state index in [1.165, 1.54) is 10.9 Å². The van der Waals surface area contributed by atoms with Crippen molar-refractivity contribution in [2.45, 2.75) is 19.5 Å². The molecular formula is C18H15F4N5O. The maximum absolute atomic E-state index is 13.6. The predicted octanol–water partition coefficient (Wildman–Crippen LogP) is 3.03. The van der Waals surface area contributed by atoms with Crippen LogP contribution >= 0.6 is 0 Å². The van der Waals surface area contributed by atoms with Crippen LogP contribution in [0.5, 0.6) is 0 Å². The normalized spacial score (nSPS) is 11.6. The van der Waals surface area contributed by atoms with E-state index in [1.807, 2.05) is 0 Å². The van der Waals surface area contributed by atoms with Crippen molar-refractivity contribution >= 4 is 5.91 Å². The molecule has 146 valence electrons. The van der Waals surface area contributed by atoms with Gasteiger partial charge in [0.2, 0.25) is 0 Å². The molecule has 0 atom stereocenters. The van der Waals surface area contributed by atoms with Crippen LogP contribution in [0.4, 0.5) is 17.6 Å². The van der Waals surface area contributed by atoms with Gasteiger partial charge < -0.3 is 5.73 Å². The average Bonchev–Trinajstić information content (AvgIpc) is 2.93.